The van der Waals surface area contributed by atoms with Crippen LogP contribution in [0.5, 0.6) is 5.75 Å². The van der Waals surface area contributed by atoms with Crippen LogP contribution in [0.2, 0.25) is 0 Å². The highest BCUT2D eigenvalue weighted by atomic mass is 16.5. The third-order valence-corrected chi connectivity index (χ3v) is 7.57. The van der Waals surface area contributed by atoms with Crippen LogP contribution in [0, 0.1) is 6.92 Å². The minimum absolute atomic E-state index is 0.0900. The Morgan fingerprint density at radius 2 is 1.85 bits per heavy atom. The van der Waals surface area contributed by atoms with Crippen molar-refractivity contribution in [3.8, 4) is 16.9 Å². The average molecular weight is 548 g/mol. The zero-order chi connectivity index (χ0) is 28.9. The molecular formula is C34H33N3O4. The molecule has 0 spiro atoms. The van der Waals surface area contributed by atoms with Gasteiger partial charge in [-0.2, -0.15) is 0 Å². The van der Waals surface area contributed by atoms with E-state index in [-0.39, 0.29) is 11.3 Å². The number of rotatable bonds is 6. The highest BCUT2D eigenvalue weighted by molar-refractivity contribution is 6.08. The second-order valence-corrected chi connectivity index (χ2v) is 11.7. The highest BCUT2D eigenvalue weighted by Gasteiger charge is 2.31. The van der Waals surface area contributed by atoms with Gasteiger partial charge < -0.3 is 14.0 Å². The van der Waals surface area contributed by atoms with Gasteiger partial charge in [-0.05, 0) is 105 Å². The van der Waals surface area contributed by atoms with E-state index in [0.717, 1.165) is 61.8 Å². The van der Waals surface area contributed by atoms with E-state index in [9.17, 15) is 9.59 Å². The Labute approximate surface area is 238 Å². The molecule has 208 valence electrons. The first kappa shape index (κ1) is 26.8. The fraction of sp³-hybridized carbons (Fsp3) is 0.294. The molecule has 0 amide bonds. The average Bonchev–Trinajstić information content (AvgIpc) is 2.94. The Bertz CT molecular complexity index is 1860. The van der Waals surface area contributed by atoms with Gasteiger partial charge in [0.05, 0.1) is 29.8 Å². The van der Waals surface area contributed by atoms with Crippen molar-refractivity contribution in [3.63, 3.8) is 0 Å². The molecule has 0 N–H and O–H groups in total. The van der Waals surface area contributed by atoms with Crippen LogP contribution >= 0.6 is 0 Å². The minimum Gasteiger partial charge on any atom is -0.493 e. The van der Waals surface area contributed by atoms with Gasteiger partial charge in [-0.1, -0.05) is 0 Å². The summed E-state index contributed by atoms with van der Waals surface area (Å²) in [7, 11) is 0. The SMILES string of the molecule is CC(=O)[C@@H](OC(C)(C)C)c1c(C)cc2c(ccc(=O)n2Cc2ccncc2)c1-c1ccc2c3c(ccnc13)CCO2. The van der Waals surface area contributed by atoms with Gasteiger partial charge in [-0.25, -0.2) is 0 Å². The van der Waals surface area contributed by atoms with Gasteiger partial charge in [0.25, 0.3) is 5.56 Å². The first-order chi connectivity index (χ1) is 19.6. The summed E-state index contributed by atoms with van der Waals surface area (Å²) >= 11 is 0. The molecule has 1 aliphatic rings. The Hall–Kier alpha value is -4.36. The van der Waals surface area contributed by atoms with Crippen LogP contribution in [0.25, 0.3) is 32.9 Å². The van der Waals surface area contributed by atoms with Crippen molar-refractivity contribution < 1.29 is 14.3 Å². The predicted octanol–water partition coefficient (Wildman–Crippen LogP) is 6.35. The number of Topliss-reactive ketones (excluding diaryl/α,β-unsaturated/α-hetero) is 1. The molecule has 1 atom stereocenters. The van der Waals surface area contributed by atoms with E-state index in [1.807, 2.05) is 76.4 Å². The smallest absolute Gasteiger partial charge is 0.251 e. The minimum atomic E-state index is -0.808. The number of aromatic nitrogens is 3. The molecule has 0 unspecified atom stereocenters. The fourth-order valence-electron chi connectivity index (χ4n) is 5.85. The quantitative estimate of drug-likeness (QED) is 0.246. The lowest BCUT2D eigenvalue weighted by atomic mass is 9.85. The van der Waals surface area contributed by atoms with Crippen molar-refractivity contribution in [2.24, 2.45) is 0 Å². The van der Waals surface area contributed by atoms with Crippen molar-refractivity contribution in [2.75, 3.05) is 6.61 Å². The molecule has 0 radical (unpaired) electrons. The highest BCUT2D eigenvalue weighted by Crippen LogP contribution is 2.45. The second kappa shape index (κ2) is 10.2. The maximum absolute atomic E-state index is 13.3. The Morgan fingerprint density at radius 1 is 1.07 bits per heavy atom. The monoisotopic (exact) mass is 547 g/mol. The molecule has 4 heterocycles. The van der Waals surface area contributed by atoms with Crippen LogP contribution in [0.4, 0.5) is 0 Å². The first-order valence-electron chi connectivity index (χ1n) is 13.9. The fourth-order valence-corrected chi connectivity index (χ4v) is 5.85. The molecule has 0 saturated carbocycles. The van der Waals surface area contributed by atoms with Crippen LogP contribution in [0.15, 0.2) is 71.9 Å². The lowest BCUT2D eigenvalue weighted by molar-refractivity contribution is -0.138. The summed E-state index contributed by atoms with van der Waals surface area (Å²) in [5, 5.41) is 1.83. The molecule has 7 nitrogen and oxygen atoms in total. The second-order valence-electron chi connectivity index (χ2n) is 11.7. The lowest BCUT2D eigenvalue weighted by Gasteiger charge is -2.30. The van der Waals surface area contributed by atoms with Crippen molar-refractivity contribution >= 4 is 27.6 Å². The maximum Gasteiger partial charge on any atom is 0.251 e. The van der Waals surface area contributed by atoms with Crippen molar-refractivity contribution in [1.82, 2.24) is 14.5 Å². The summed E-state index contributed by atoms with van der Waals surface area (Å²) in [5.41, 5.74) is 6.42. The number of nitrogens with zero attached hydrogens (tertiary/aromatic N) is 3. The van der Waals surface area contributed by atoms with Crippen LogP contribution in [-0.2, 0) is 22.5 Å². The Morgan fingerprint density at radius 3 is 2.59 bits per heavy atom. The van der Waals surface area contributed by atoms with Crippen LogP contribution in [0.3, 0.4) is 0 Å². The van der Waals surface area contributed by atoms with E-state index < -0.39 is 11.7 Å². The molecule has 41 heavy (non-hydrogen) atoms. The van der Waals surface area contributed by atoms with E-state index in [4.69, 9.17) is 14.5 Å². The summed E-state index contributed by atoms with van der Waals surface area (Å²) in [4.78, 5) is 35.5. The standard InChI is InChI=1S/C34H33N3O4/c1-20-18-26-24(7-9-28(39)37(26)19-22-10-14-35-15-11-22)31(29(20)33(21(2)38)41-34(3,4)5)25-6-8-27-30-23(13-17-40-27)12-16-36-32(25)30/h6-12,14-16,18,33H,13,17,19H2,1-5H3/t33-/m1/s1. The van der Waals surface area contributed by atoms with Crippen LogP contribution in [0.1, 0.15) is 56.1 Å². The van der Waals surface area contributed by atoms with Crippen molar-refractivity contribution in [1.29, 1.82) is 0 Å². The number of aryl methyl sites for hydroxylation is 1. The van der Waals surface area contributed by atoms with Gasteiger partial charge in [0.2, 0.25) is 0 Å². The van der Waals surface area contributed by atoms with Crippen molar-refractivity contribution in [2.45, 2.75) is 59.3 Å². The molecule has 0 aliphatic carbocycles. The Balaban J connectivity index is 1.73. The number of hydrogen-bond acceptors (Lipinski definition) is 6. The Kier molecular flexibility index (Phi) is 6.70. The van der Waals surface area contributed by atoms with Crippen LogP contribution in [-0.4, -0.2) is 32.5 Å². The van der Waals surface area contributed by atoms with E-state index >= 15 is 0 Å². The van der Waals surface area contributed by atoms with Gasteiger partial charge in [0.15, 0.2) is 5.78 Å². The number of benzene rings is 2. The summed E-state index contributed by atoms with van der Waals surface area (Å²) in [6.07, 6.45) is 5.28. The summed E-state index contributed by atoms with van der Waals surface area (Å²) in [5.74, 6) is 0.716. The first-order valence-corrected chi connectivity index (χ1v) is 13.9. The summed E-state index contributed by atoms with van der Waals surface area (Å²) in [6, 6.07) is 15.3. The topological polar surface area (TPSA) is 83.3 Å². The predicted molar refractivity (Wildman–Crippen MR) is 160 cm³/mol. The van der Waals surface area contributed by atoms with Gasteiger partial charge in [-0.3, -0.25) is 19.6 Å². The zero-order valence-corrected chi connectivity index (χ0v) is 24.0. The molecular weight excluding hydrogens is 514 g/mol. The summed E-state index contributed by atoms with van der Waals surface area (Å²) in [6.45, 7) is 10.4. The number of ketones is 1. The largest absolute Gasteiger partial charge is 0.493 e. The normalized spacial score (nSPS) is 13.8. The molecule has 0 fully saturated rings. The molecule has 2 aromatic carbocycles. The van der Waals surface area contributed by atoms with Crippen LogP contribution < -0.4 is 10.3 Å². The van der Waals surface area contributed by atoms with E-state index in [0.29, 0.717) is 13.2 Å². The number of fused-ring (bicyclic) bond motifs is 1. The van der Waals surface area contributed by atoms with Gasteiger partial charge in [0, 0.05) is 47.4 Å². The van der Waals surface area contributed by atoms with E-state index in [1.54, 1.807) is 30.0 Å². The van der Waals surface area contributed by atoms with Gasteiger partial charge >= 0.3 is 0 Å². The molecule has 1 aliphatic heterocycles. The van der Waals surface area contributed by atoms with Crippen molar-refractivity contribution in [3.05, 3.63) is 99.7 Å². The third-order valence-electron chi connectivity index (χ3n) is 7.57. The molecule has 7 heteroatoms. The molecule has 0 bridgehead atoms. The molecule has 5 aromatic rings. The van der Waals surface area contributed by atoms with E-state index in [2.05, 4.69) is 4.98 Å². The summed E-state index contributed by atoms with van der Waals surface area (Å²) < 4.78 is 14.2. The number of ether oxygens (including phenoxy) is 2. The lowest BCUT2D eigenvalue weighted by Crippen LogP contribution is -2.27. The number of pyridine rings is 3. The third kappa shape index (κ3) is 4.91. The number of hydrogen-bond donors (Lipinski definition) is 0. The van der Waals surface area contributed by atoms with Gasteiger partial charge in [-0.15, -0.1) is 0 Å². The van der Waals surface area contributed by atoms with E-state index in [1.165, 1.54) is 5.56 Å². The van der Waals surface area contributed by atoms with Gasteiger partial charge in [0.1, 0.15) is 11.9 Å². The molecule has 0 saturated heterocycles. The molecule has 3 aromatic heterocycles. The number of carbonyl (C=O) groups is 1. The molecule has 6 rings (SSSR count). The zero-order valence-electron chi connectivity index (χ0n) is 24.0. The number of carbonyl (C=O) groups excluding carboxylic acids is 1. The maximum atomic E-state index is 13.3.